The number of aryl methyl sites for hydroxylation is 4. The lowest BCUT2D eigenvalue weighted by atomic mass is 10.0. The van der Waals surface area contributed by atoms with E-state index in [0.717, 1.165) is 40.4 Å². The highest BCUT2D eigenvalue weighted by Gasteiger charge is 2.23. The largest absolute Gasteiger partial charge is 0.496 e. The summed E-state index contributed by atoms with van der Waals surface area (Å²) in [5.41, 5.74) is 4.47. The van der Waals surface area contributed by atoms with Crippen molar-refractivity contribution in [1.82, 2.24) is 4.98 Å². The molecule has 5 heteroatoms. The molecule has 0 unspecified atom stereocenters. The zero-order valence-corrected chi connectivity index (χ0v) is 18.5. The third-order valence-electron chi connectivity index (χ3n) is 5.66. The third kappa shape index (κ3) is 4.57. The summed E-state index contributed by atoms with van der Waals surface area (Å²) >= 11 is 1.69. The minimum Gasteiger partial charge on any atom is -0.496 e. The zero-order chi connectivity index (χ0) is 20.9. The molecule has 2 aromatic carbocycles. The number of benzene rings is 2. The van der Waals surface area contributed by atoms with Gasteiger partial charge in [0.2, 0.25) is 5.91 Å². The number of anilines is 1. The normalized spacial score (nSPS) is 13.0. The number of nitrogens with zero attached hydrogens (tertiary/aromatic N) is 2. The Kier molecular flexibility index (Phi) is 6.48. The number of methoxy groups -OCH3 is 1. The van der Waals surface area contributed by atoms with Crippen molar-refractivity contribution in [3.05, 3.63) is 75.8 Å². The van der Waals surface area contributed by atoms with Crippen molar-refractivity contribution in [1.29, 1.82) is 0 Å². The number of rotatable bonds is 7. The van der Waals surface area contributed by atoms with E-state index in [1.165, 1.54) is 23.4 Å². The highest BCUT2D eigenvalue weighted by atomic mass is 32.1. The minimum atomic E-state index is 0.105. The van der Waals surface area contributed by atoms with Crippen LogP contribution in [0.2, 0.25) is 0 Å². The van der Waals surface area contributed by atoms with Crippen LogP contribution in [0.15, 0.2) is 48.5 Å². The fourth-order valence-corrected chi connectivity index (χ4v) is 5.23. The van der Waals surface area contributed by atoms with Gasteiger partial charge in [-0.1, -0.05) is 48.5 Å². The number of hydrogen-bond acceptors (Lipinski definition) is 4. The summed E-state index contributed by atoms with van der Waals surface area (Å²) in [6.45, 7) is 2.59. The van der Waals surface area contributed by atoms with Crippen molar-refractivity contribution in [2.45, 2.75) is 52.0 Å². The molecule has 0 bridgehead atoms. The summed E-state index contributed by atoms with van der Waals surface area (Å²) in [6.07, 6.45) is 5.60. The number of fused-ring (bicyclic) bond motifs is 1. The molecule has 1 aliphatic carbocycles. The average molecular weight is 421 g/mol. The van der Waals surface area contributed by atoms with Gasteiger partial charge in [0.15, 0.2) is 5.13 Å². The van der Waals surface area contributed by atoms with Crippen LogP contribution in [-0.2, 0) is 30.6 Å². The van der Waals surface area contributed by atoms with Crippen molar-refractivity contribution >= 4 is 22.4 Å². The number of thiazole rings is 1. The number of aromatic nitrogens is 1. The van der Waals surface area contributed by atoms with Gasteiger partial charge in [-0.15, -0.1) is 11.3 Å². The Morgan fingerprint density at radius 3 is 2.67 bits per heavy atom. The molecule has 1 heterocycles. The molecule has 4 nitrogen and oxygen atoms in total. The topological polar surface area (TPSA) is 42.4 Å². The van der Waals surface area contributed by atoms with Crippen LogP contribution in [0.5, 0.6) is 5.75 Å². The summed E-state index contributed by atoms with van der Waals surface area (Å²) in [4.78, 5) is 21.5. The Hall–Kier alpha value is -2.66. The van der Waals surface area contributed by atoms with E-state index in [1.807, 2.05) is 48.2 Å². The van der Waals surface area contributed by atoms with E-state index in [-0.39, 0.29) is 5.91 Å². The molecule has 0 saturated carbocycles. The van der Waals surface area contributed by atoms with E-state index in [2.05, 4.69) is 12.1 Å². The Labute approximate surface area is 182 Å². The van der Waals surface area contributed by atoms with Gasteiger partial charge in [0, 0.05) is 11.3 Å². The van der Waals surface area contributed by atoms with Crippen molar-refractivity contribution in [2.75, 3.05) is 12.0 Å². The third-order valence-corrected chi connectivity index (χ3v) is 6.84. The molecule has 0 radical (unpaired) electrons. The SMILES string of the molecule is COc1c(C)cccc1CCC(=O)N(Cc1ccccc1)c1nc2c(s1)CCCC2. The fourth-order valence-electron chi connectivity index (χ4n) is 4.06. The van der Waals surface area contributed by atoms with E-state index in [1.54, 1.807) is 18.4 Å². The van der Waals surface area contributed by atoms with Crippen molar-refractivity contribution in [3.8, 4) is 5.75 Å². The fraction of sp³-hybridized carbons (Fsp3) is 0.360. The molecule has 0 N–H and O–H groups in total. The van der Waals surface area contributed by atoms with Crippen molar-refractivity contribution in [2.24, 2.45) is 0 Å². The van der Waals surface area contributed by atoms with Gasteiger partial charge in [-0.3, -0.25) is 9.69 Å². The first-order chi connectivity index (χ1) is 14.7. The summed E-state index contributed by atoms with van der Waals surface area (Å²) in [7, 11) is 1.69. The van der Waals surface area contributed by atoms with Crippen LogP contribution in [0.4, 0.5) is 5.13 Å². The summed E-state index contributed by atoms with van der Waals surface area (Å²) in [6, 6.07) is 16.3. The van der Waals surface area contributed by atoms with Crippen LogP contribution in [0.3, 0.4) is 0 Å². The smallest absolute Gasteiger partial charge is 0.229 e. The molecule has 156 valence electrons. The number of amides is 1. The summed E-state index contributed by atoms with van der Waals surface area (Å²) < 4.78 is 5.57. The zero-order valence-electron chi connectivity index (χ0n) is 17.7. The highest BCUT2D eigenvalue weighted by Crippen LogP contribution is 2.33. The molecule has 0 aliphatic heterocycles. The molecule has 1 aromatic heterocycles. The van der Waals surface area contributed by atoms with Gasteiger partial charge in [0.25, 0.3) is 0 Å². The first kappa shape index (κ1) is 20.6. The van der Waals surface area contributed by atoms with Gasteiger partial charge >= 0.3 is 0 Å². The van der Waals surface area contributed by atoms with Gasteiger partial charge in [-0.25, -0.2) is 4.98 Å². The van der Waals surface area contributed by atoms with Crippen molar-refractivity contribution in [3.63, 3.8) is 0 Å². The molecule has 0 atom stereocenters. The maximum atomic E-state index is 13.4. The molecular formula is C25H28N2O2S. The molecular weight excluding hydrogens is 392 g/mol. The van der Waals surface area contributed by atoms with Crippen LogP contribution in [0.25, 0.3) is 0 Å². The molecule has 0 fully saturated rings. The Balaban J connectivity index is 1.56. The Morgan fingerprint density at radius 1 is 1.10 bits per heavy atom. The monoisotopic (exact) mass is 420 g/mol. The minimum absolute atomic E-state index is 0.105. The second-order valence-corrected chi connectivity index (χ2v) is 8.87. The average Bonchev–Trinajstić information content (AvgIpc) is 3.20. The highest BCUT2D eigenvalue weighted by molar-refractivity contribution is 7.15. The lowest BCUT2D eigenvalue weighted by Gasteiger charge is -2.20. The Bertz CT molecular complexity index is 990. The van der Waals surface area contributed by atoms with E-state index >= 15 is 0 Å². The van der Waals surface area contributed by atoms with Crippen LogP contribution in [0, 0.1) is 6.92 Å². The second kappa shape index (κ2) is 9.43. The van der Waals surface area contributed by atoms with E-state index in [9.17, 15) is 4.79 Å². The number of carbonyl (C=O) groups is 1. The van der Waals surface area contributed by atoms with Crippen molar-refractivity contribution < 1.29 is 9.53 Å². The van der Waals surface area contributed by atoms with E-state index in [0.29, 0.717) is 19.4 Å². The molecule has 1 aliphatic rings. The van der Waals surface area contributed by atoms with E-state index < -0.39 is 0 Å². The quantitative estimate of drug-likeness (QED) is 0.506. The number of para-hydroxylation sites is 1. The summed E-state index contributed by atoms with van der Waals surface area (Å²) in [5, 5.41) is 0.840. The molecule has 4 rings (SSSR count). The van der Waals surface area contributed by atoms with Gasteiger partial charge < -0.3 is 4.74 Å². The van der Waals surface area contributed by atoms with Gasteiger partial charge in [-0.05, 0) is 55.7 Å². The molecule has 30 heavy (non-hydrogen) atoms. The Morgan fingerprint density at radius 2 is 1.90 bits per heavy atom. The van der Waals surface area contributed by atoms with E-state index in [4.69, 9.17) is 9.72 Å². The van der Waals surface area contributed by atoms with Crippen LogP contribution < -0.4 is 9.64 Å². The number of hydrogen-bond donors (Lipinski definition) is 0. The number of ether oxygens (including phenoxy) is 1. The lowest BCUT2D eigenvalue weighted by Crippen LogP contribution is -2.30. The second-order valence-electron chi connectivity index (χ2n) is 7.81. The summed E-state index contributed by atoms with van der Waals surface area (Å²) in [5.74, 6) is 0.984. The lowest BCUT2D eigenvalue weighted by molar-refractivity contribution is -0.118. The van der Waals surface area contributed by atoms with Crippen LogP contribution >= 0.6 is 11.3 Å². The first-order valence-electron chi connectivity index (χ1n) is 10.6. The maximum Gasteiger partial charge on any atom is 0.229 e. The molecule has 3 aromatic rings. The first-order valence-corrected chi connectivity index (χ1v) is 11.4. The standard InChI is InChI=1S/C25H28N2O2S/c1-18-9-8-12-20(24(18)29-2)15-16-23(28)27(17-19-10-4-3-5-11-19)25-26-21-13-6-7-14-22(21)30-25/h3-5,8-12H,6-7,13-17H2,1-2H3. The van der Waals surface area contributed by atoms with Crippen LogP contribution in [-0.4, -0.2) is 18.0 Å². The predicted molar refractivity (Wildman–Crippen MR) is 122 cm³/mol. The maximum absolute atomic E-state index is 13.4. The number of carbonyl (C=O) groups excluding carboxylic acids is 1. The molecule has 0 spiro atoms. The van der Waals surface area contributed by atoms with Gasteiger partial charge in [0.05, 0.1) is 19.3 Å². The van der Waals surface area contributed by atoms with Gasteiger partial charge in [-0.2, -0.15) is 0 Å². The molecule has 1 amide bonds. The van der Waals surface area contributed by atoms with Gasteiger partial charge in [0.1, 0.15) is 5.75 Å². The predicted octanol–water partition coefficient (Wildman–Crippen LogP) is 5.50. The molecule has 0 saturated heterocycles. The van der Waals surface area contributed by atoms with Crippen LogP contribution in [0.1, 0.15) is 46.5 Å².